The zero-order valence-electron chi connectivity index (χ0n) is 22.1. The molecule has 0 radical (unpaired) electrons. The van der Waals surface area contributed by atoms with Crippen LogP contribution in [0.5, 0.6) is 0 Å². The second kappa shape index (κ2) is 23.5. The predicted molar refractivity (Wildman–Crippen MR) is 139 cm³/mol. The van der Waals surface area contributed by atoms with Gasteiger partial charge in [0.25, 0.3) is 0 Å². The Bertz CT molecular complexity index is 295. The fraction of sp³-hybridized carbons (Fsp3) is 1.00. The Morgan fingerprint density at radius 2 is 0.645 bits per heavy atom. The molecule has 0 heterocycles. The second-order valence-corrected chi connectivity index (χ2v) is 11.7. The van der Waals surface area contributed by atoms with Crippen molar-refractivity contribution in [3.8, 4) is 0 Å². The van der Waals surface area contributed by atoms with E-state index in [2.05, 4.69) is 41.5 Å². The van der Waals surface area contributed by atoms with E-state index in [-0.39, 0.29) is 0 Å². The average molecular weight is 461 g/mol. The Morgan fingerprint density at radius 1 is 0.387 bits per heavy atom. The standard InChI is InChI=1S/C27H57O3P/c1-25(2)19-13-7-10-16-22-28-31(29-23-17-11-8-14-20-26(3)4)30-24-18-12-9-15-21-27(5)6/h25-27H,7-24H2,1-6H3. The quantitative estimate of drug-likeness (QED) is 0.106. The monoisotopic (exact) mass is 460 g/mol. The molecule has 0 atom stereocenters. The van der Waals surface area contributed by atoms with Crippen molar-refractivity contribution in [2.45, 2.75) is 138 Å². The Balaban J connectivity index is 3.90. The van der Waals surface area contributed by atoms with E-state index in [0.29, 0.717) is 0 Å². The number of hydrogen-bond acceptors (Lipinski definition) is 3. The Labute approximate surface area is 197 Å². The molecule has 0 unspecified atom stereocenters. The maximum Gasteiger partial charge on any atom is 0.332 e. The fourth-order valence-electron chi connectivity index (χ4n) is 3.55. The molecule has 0 aromatic heterocycles. The molecule has 0 fully saturated rings. The van der Waals surface area contributed by atoms with Gasteiger partial charge in [-0.05, 0) is 37.0 Å². The summed E-state index contributed by atoms with van der Waals surface area (Å²) in [5, 5.41) is 0. The molecule has 0 rings (SSSR count). The first-order chi connectivity index (χ1) is 14.9. The number of hydrogen-bond donors (Lipinski definition) is 0. The van der Waals surface area contributed by atoms with Crippen LogP contribution in [0.25, 0.3) is 0 Å². The van der Waals surface area contributed by atoms with E-state index in [1.165, 1.54) is 77.0 Å². The lowest BCUT2D eigenvalue weighted by Gasteiger charge is -2.17. The minimum Gasteiger partial charge on any atom is -0.312 e. The molecule has 31 heavy (non-hydrogen) atoms. The van der Waals surface area contributed by atoms with Crippen molar-refractivity contribution in [3.05, 3.63) is 0 Å². The first-order valence-corrected chi connectivity index (χ1v) is 14.7. The van der Waals surface area contributed by atoms with Crippen LogP contribution in [0.3, 0.4) is 0 Å². The van der Waals surface area contributed by atoms with Gasteiger partial charge in [-0.3, -0.25) is 0 Å². The van der Waals surface area contributed by atoms with Crippen molar-refractivity contribution in [1.29, 1.82) is 0 Å². The van der Waals surface area contributed by atoms with Crippen molar-refractivity contribution in [2.24, 2.45) is 17.8 Å². The van der Waals surface area contributed by atoms with Gasteiger partial charge in [-0.25, -0.2) is 0 Å². The van der Waals surface area contributed by atoms with Crippen LogP contribution in [-0.4, -0.2) is 19.8 Å². The molecule has 3 nitrogen and oxygen atoms in total. The van der Waals surface area contributed by atoms with Gasteiger partial charge in [0.05, 0.1) is 19.8 Å². The van der Waals surface area contributed by atoms with E-state index < -0.39 is 8.60 Å². The Morgan fingerprint density at radius 3 is 0.903 bits per heavy atom. The van der Waals surface area contributed by atoms with Crippen molar-refractivity contribution in [1.82, 2.24) is 0 Å². The summed E-state index contributed by atoms with van der Waals surface area (Å²) in [4.78, 5) is 0. The van der Waals surface area contributed by atoms with Gasteiger partial charge >= 0.3 is 8.60 Å². The van der Waals surface area contributed by atoms with Crippen molar-refractivity contribution >= 4 is 8.60 Å². The maximum atomic E-state index is 6.01. The van der Waals surface area contributed by atoms with Gasteiger partial charge in [0.15, 0.2) is 0 Å². The van der Waals surface area contributed by atoms with E-state index in [1.807, 2.05) is 0 Å². The third-order valence-electron chi connectivity index (χ3n) is 5.62. The molecular formula is C27H57O3P. The van der Waals surface area contributed by atoms with Crippen molar-refractivity contribution in [3.63, 3.8) is 0 Å². The molecule has 0 saturated heterocycles. The highest BCUT2D eigenvalue weighted by molar-refractivity contribution is 7.41. The average Bonchev–Trinajstić information content (AvgIpc) is 2.70. The third kappa shape index (κ3) is 26.4. The van der Waals surface area contributed by atoms with Crippen LogP contribution in [0.15, 0.2) is 0 Å². The zero-order valence-corrected chi connectivity index (χ0v) is 23.0. The molecule has 0 aliphatic rings. The normalized spacial score (nSPS) is 12.2. The largest absolute Gasteiger partial charge is 0.332 e. The topological polar surface area (TPSA) is 27.7 Å². The molecule has 0 saturated carbocycles. The van der Waals surface area contributed by atoms with Gasteiger partial charge < -0.3 is 13.6 Å². The second-order valence-electron chi connectivity index (χ2n) is 10.5. The summed E-state index contributed by atoms with van der Waals surface area (Å²) in [6.45, 7) is 16.2. The Kier molecular flexibility index (Phi) is 23.7. The molecule has 0 aliphatic carbocycles. The molecule has 0 spiro atoms. The first kappa shape index (κ1) is 31.3. The van der Waals surface area contributed by atoms with Gasteiger partial charge in [0, 0.05) is 0 Å². The lowest BCUT2D eigenvalue weighted by atomic mass is 10.0. The van der Waals surface area contributed by atoms with Crippen LogP contribution >= 0.6 is 8.60 Å². The first-order valence-electron chi connectivity index (χ1n) is 13.6. The van der Waals surface area contributed by atoms with E-state index >= 15 is 0 Å². The molecule has 188 valence electrons. The number of unbranched alkanes of at least 4 members (excludes halogenated alkanes) is 9. The number of rotatable bonds is 24. The molecular weight excluding hydrogens is 403 g/mol. The van der Waals surface area contributed by atoms with Crippen LogP contribution in [0.4, 0.5) is 0 Å². The lowest BCUT2D eigenvalue weighted by molar-refractivity contribution is 0.153. The van der Waals surface area contributed by atoms with Crippen LogP contribution in [0, 0.1) is 17.8 Å². The van der Waals surface area contributed by atoms with Gasteiger partial charge in [-0.15, -0.1) is 0 Å². The van der Waals surface area contributed by atoms with Gasteiger partial charge in [-0.1, -0.05) is 119 Å². The van der Waals surface area contributed by atoms with Crippen molar-refractivity contribution in [2.75, 3.05) is 19.8 Å². The molecule has 0 amide bonds. The van der Waals surface area contributed by atoms with E-state index in [4.69, 9.17) is 13.6 Å². The highest BCUT2D eigenvalue weighted by Crippen LogP contribution is 2.40. The third-order valence-corrected chi connectivity index (χ3v) is 6.80. The predicted octanol–water partition coefficient (Wildman–Crippen LogP) is 10.1. The van der Waals surface area contributed by atoms with E-state index in [0.717, 1.165) is 56.8 Å². The highest BCUT2D eigenvalue weighted by atomic mass is 31.2. The molecule has 0 aliphatic heterocycles. The highest BCUT2D eigenvalue weighted by Gasteiger charge is 2.12. The fourth-order valence-corrected chi connectivity index (χ4v) is 4.61. The SMILES string of the molecule is CC(C)CCCCCCOP(OCCCCCCC(C)C)OCCCCCCC(C)C. The van der Waals surface area contributed by atoms with E-state index in [1.54, 1.807) is 0 Å². The van der Waals surface area contributed by atoms with Gasteiger partial charge in [-0.2, -0.15) is 0 Å². The minimum absolute atomic E-state index is 0.774. The van der Waals surface area contributed by atoms with Gasteiger partial charge in [0.1, 0.15) is 0 Å². The summed E-state index contributed by atoms with van der Waals surface area (Å²) in [5.74, 6) is 2.46. The van der Waals surface area contributed by atoms with Gasteiger partial charge in [0.2, 0.25) is 0 Å². The zero-order chi connectivity index (χ0) is 23.2. The lowest BCUT2D eigenvalue weighted by Crippen LogP contribution is -2.01. The molecule has 0 aromatic carbocycles. The molecule has 0 N–H and O–H groups in total. The molecule has 0 aromatic rings. The summed E-state index contributed by atoms with van der Waals surface area (Å²) in [6.07, 6.45) is 19.1. The molecule has 4 heteroatoms. The van der Waals surface area contributed by atoms with Crippen LogP contribution < -0.4 is 0 Å². The summed E-state index contributed by atoms with van der Waals surface area (Å²) in [7, 11) is -1.17. The summed E-state index contributed by atoms with van der Waals surface area (Å²) >= 11 is 0. The molecule has 0 bridgehead atoms. The smallest absolute Gasteiger partial charge is 0.312 e. The van der Waals surface area contributed by atoms with Crippen LogP contribution in [0.1, 0.15) is 138 Å². The Hall–Kier alpha value is 0.310. The summed E-state index contributed by atoms with van der Waals surface area (Å²) in [6, 6.07) is 0. The van der Waals surface area contributed by atoms with Crippen molar-refractivity contribution < 1.29 is 13.6 Å². The summed E-state index contributed by atoms with van der Waals surface area (Å²) in [5.41, 5.74) is 0. The van der Waals surface area contributed by atoms with E-state index in [9.17, 15) is 0 Å². The minimum atomic E-state index is -1.17. The van der Waals surface area contributed by atoms with Crippen LogP contribution in [-0.2, 0) is 13.6 Å². The van der Waals surface area contributed by atoms with Crippen LogP contribution in [0.2, 0.25) is 0 Å². The summed E-state index contributed by atoms with van der Waals surface area (Å²) < 4.78 is 18.0. The maximum absolute atomic E-state index is 6.01.